The fourth-order valence-corrected chi connectivity index (χ4v) is 2.56. The minimum Gasteiger partial charge on any atom is -0.305 e. The summed E-state index contributed by atoms with van der Waals surface area (Å²) in [5.41, 5.74) is 1.34. The number of aromatic nitrogens is 1. The highest BCUT2D eigenvalue weighted by atomic mass is 35.5. The fraction of sp³-hybridized carbons (Fsp3) is 0.333. The zero-order valence-electron chi connectivity index (χ0n) is 12.8. The summed E-state index contributed by atoms with van der Waals surface area (Å²) in [7, 11) is 0. The molecule has 0 aliphatic carbocycles. The normalized spacial score (nSPS) is 10.5. The van der Waals surface area contributed by atoms with Crippen molar-refractivity contribution < 1.29 is 4.79 Å². The molecule has 3 nitrogen and oxygen atoms in total. The van der Waals surface area contributed by atoms with Crippen LogP contribution in [0.25, 0.3) is 0 Å². The Morgan fingerprint density at radius 3 is 2.55 bits per heavy atom. The van der Waals surface area contributed by atoms with Crippen LogP contribution in [0.1, 0.15) is 43.0 Å². The molecule has 116 valence electrons. The Morgan fingerprint density at radius 2 is 1.86 bits per heavy atom. The van der Waals surface area contributed by atoms with Crippen molar-refractivity contribution >= 4 is 23.2 Å². The van der Waals surface area contributed by atoms with Crippen molar-refractivity contribution in [2.24, 2.45) is 0 Å². The second kappa shape index (κ2) is 8.54. The van der Waals surface area contributed by atoms with Gasteiger partial charge in [-0.1, -0.05) is 56.0 Å². The maximum Gasteiger partial charge on any atom is 0.258 e. The van der Waals surface area contributed by atoms with Gasteiger partial charge in [0.2, 0.25) is 0 Å². The van der Waals surface area contributed by atoms with E-state index in [1.165, 1.54) is 12.8 Å². The number of unbranched alkanes of at least 4 members (excludes halogenated alkanes) is 3. The Bertz CT molecular complexity index is 601. The average molecular weight is 317 g/mol. The number of carbonyl (C=O) groups excluding carboxylic acids is 1. The van der Waals surface area contributed by atoms with Crippen LogP contribution >= 0.6 is 11.6 Å². The zero-order valence-corrected chi connectivity index (χ0v) is 13.6. The molecule has 2 aromatic rings. The van der Waals surface area contributed by atoms with Crippen molar-refractivity contribution in [2.45, 2.75) is 32.6 Å². The molecule has 0 unspecified atom stereocenters. The molecule has 0 saturated carbocycles. The van der Waals surface area contributed by atoms with Gasteiger partial charge in [-0.05, 0) is 30.7 Å². The Kier molecular flexibility index (Phi) is 6.41. The SMILES string of the molecule is CCCCCCN(C(=O)c1ccccc1)c1cccnc1Cl. The number of nitrogens with zero attached hydrogens (tertiary/aromatic N) is 2. The number of amides is 1. The van der Waals surface area contributed by atoms with E-state index in [9.17, 15) is 4.79 Å². The van der Waals surface area contributed by atoms with Crippen LogP contribution in [0.4, 0.5) is 5.69 Å². The maximum atomic E-state index is 12.8. The number of anilines is 1. The molecule has 0 aliphatic rings. The lowest BCUT2D eigenvalue weighted by molar-refractivity contribution is 0.0986. The fourth-order valence-electron chi connectivity index (χ4n) is 2.34. The second-order valence-electron chi connectivity index (χ2n) is 5.20. The van der Waals surface area contributed by atoms with Gasteiger partial charge in [0.05, 0.1) is 5.69 Å². The number of rotatable bonds is 7. The third kappa shape index (κ3) is 4.31. The predicted octanol–water partition coefficient (Wildman–Crippen LogP) is 4.96. The Balaban J connectivity index is 2.21. The molecule has 1 aromatic heterocycles. The standard InChI is InChI=1S/C18H21ClN2O/c1-2-3-4-8-14-21(16-12-9-13-20-17(16)19)18(22)15-10-6-5-7-11-15/h5-7,9-13H,2-4,8,14H2,1H3. The van der Waals surface area contributed by atoms with E-state index in [1.54, 1.807) is 17.2 Å². The van der Waals surface area contributed by atoms with Crippen LogP contribution in [-0.4, -0.2) is 17.4 Å². The van der Waals surface area contributed by atoms with Crippen molar-refractivity contribution in [3.8, 4) is 0 Å². The molecule has 0 spiro atoms. The lowest BCUT2D eigenvalue weighted by Crippen LogP contribution is -2.32. The van der Waals surface area contributed by atoms with Crippen molar-refractivity contribution in [3.05, 3.63) is 59.4 Å². The summed E-state index contributed by atoms with van der Waals surface area (Å²) >= 11 is 6.19. The van der Waals surface area contributed by atoms with Gasteiger partial charge in [-0.15, -0.1) is 0 Å². The van der Waals surface area contributed by atoms with Crippen molar-refractivity contribution in [3.63, 3.8) is 0 Å². The van der Waals surface area contributed by atoms with Crippen molar-refractivity contribution in [1.82, 2.24) is 4.98 Å². The molecule has 0 radical (unpaired) electrons. The highest BCUT2D eigenvalue weighted by molar-refractivity contribution is 6.32. The van der Waals surface area contributed by atoms with Gasteiger partial charge in [0.25, 0.3) is 5.91 Å². The minimum atomic E-state index is -0.0352. The zero-order chi connectivity index (χ0) is 15.8. The summed E-state index contributed by atoms with van der Waals surface area (Å²) in [6.45, 7) is 2.82. The van der Waals surface area contributed by atoms with Crippen LogP contribution in [0.15, 0.2) is 48.7 Å². The molecule has 0 N–H and O–H groups in total. The van der Waals surface area contributed by atoms with E-state index >= 15 is 0 Å². The molecule has 22 heavy (non-hydrogen) atoms. The van der Waals surface area contributed by atoms with E-state index in [2.05, 4.69) is 11.9 Å². The van der Waals surface area contributed by atoms with Crippen LogP contribution in [0.3, 0.4) is 0 Å². The monoisotopic (exact) mass is 316 g/mol. The first kappa shape index (κ1) is 16.5. The third-order valence-corrected chi connectivity index (χ3v) is 3.82. The topological polar surface area (TPSA) is 33.2 Å². The molecule has 0 saturated heterocycles. The van der Waals surface area contributed by atoms with E-state index in [4.69, 9.17) is 11.6 Å². The van der Waals surface area contributed by atoms with Gasteiger partial charge in [0, 0.05) is 18.3 Å². The lowest BCUT2D eigenvalue weighted by Gasteiger charge is -2.23. The molecule has 4 heteroatoms. The first-order valence-electron chi connectivity index (χ1n) is 7.71. The first-order chi connectivity index (χ1) is 10.7. The number of carbonyl (C=O) groups is 1. The summed E-state index contributed by atoms with van der Waals surface area (Å²) < 4.78 is 0. The lowest BCUT2D eigenvalue weighted by atomic mass is 10.1. The molecule has 0 aliphatic heterocycles. The second-order valence-corrected chi connectivity index (χ2v) is 5.55. The first-order valence-corrected chi connectivity index (χ1v) is 8.09. The molecule has 1 heterocycles. The molecule has 0 bridgehead atoms. The van der Waals surface area contributed by atoms with Crippen LogP contribution in [0, 0.1) is 0 Å². The number of hydrogen-bond acceptors (Lipinski definition) is 2. The van der Waals surface area contributed by atoms with Crippen LogP contribution in [0.5, 0.6) is 0 Å². The number of pyridine rings is 1. The van der Waals surface area contributed by atoms with Gasteiger partial charge in [-0.2, -0.15) is 0 Å². The molecular weight excluding hydrogens is 296 g/mol. The quantitative estimate of drug-likeness (QED) is 0.534. The molecule has 1 aromatic carbocycles. The Morgan fingerprint density at radius 1 is 1.09 bits per heavy atom. The van der Waals surface area contributed by atoms with E-state index in [1.807, 2.05) is 36.4 Å². The summed E-state index contributed by atoms with van der Waals surface area (Å²) in [5.74, 6) is -0.0352. The largest absolute Gasteiger partial charge is 0.305 e. The minimum absolute atomic E-state index is 0.0352. The molecular formula is C18H21ClN2O. The highest BCUT2D eigenvalue weighted by Gasteiger charge is 2.19. The predicted molar refractivity (Wildman–Crippen MR) is 91.5 cm³/mol. The Hall–Kier alpha value is -1.87. The summed E-state index contributed by atoms with van der Waals surface area (Å²) in [6.07, 6.45) is 6.03. The van der Waals surface area contributed by atoms with Crippen LogP contribution < -0.4 is 4.90 Å². The highest BCUT2D eigenvalue weighted by Crippen LogP contribution is 2.25. The number of benzene rings is 1. The van der Waals surface area contributed by atoms with Gasteiger partial charge in [0.1, 0.15) is 0 Å². The average Bonchev–Trinajstić information content (AvgIpc) is 2.56. The van der Waals surface area contributed by atoms with Crippen LogP contribution in [0.2, 0.25) is 5.15 Å². The van der Waals surface area contributed by atoms with Gasteiger partial charge < -0.3 is 4.90 Å². The smallest absolute Gasteiger partial charge is 0.258 e. The molecule has 1 amide bonds. The maximum absolute atomic E-state index is 12.8. The Labute approximate surface area is 136 Å². The number of hydrogen-bond donors (Lipinski definition) is 0. The van der Waals surface area contributed by atoms with Crippen LogP contribution in [-0.2, 0) is 0 Å². The summed E-state index contributed by atoms with van der Waals surface area (Å²) in [5, 5.41) is 0.363. The van der Waals surface area contributed by atoms with E-state index in [0.29, 0.717) is 22.9 Å². The van der Waals surface area contributed by atoms with Crippen molar-refractivity contribution in [1.29, 1.82) is 0 Å². The van der Waals surface area contributed by atoms with Gasteiger partial charge in [-0.25, -0.2) is 4.98 Å². The summed E-state index contributed by atoms with van der Waals surface area (Å²) in [4.78, 5) is 18.6. The molecule has 0 atom stereocenters. The third-order valence-electron chi connectivity index (χ3n) is 3.53. The van der Waals surface area contributed by atoms with Crippen molar-refractivity contribution in [2.75, 3.05) is 11.4 Å². The molecule has 2 rings (SSSR count). The molecule has 0 fully saturated rings. The van der Waals surface area contributed by atoms with Gasteiger partial charge >= 0.3 is 0 Å². The van der Waals surface area contributed by atoms with E-state index in [-0.39, 0.29) is 5.91 Å². The number of halogens is 1. The van der Waals surface area contributed by atoms with Gasteiger partial charge in [0.15, 0.2) is 5.15 Å². The summed E-state index contributed by atoms with van der Waals surface area (Å²) in [6, 6.07) is 12.9. The van der Waals surface area contributed by atoms with Gasteiger partial charge in [-0.3, -0.25) is 4.79 Å². The van der Waals surface area contributed by atoms with E-state index < -0.39 is 0 Å². The van der Waals surface area contributed by atoms with E-state index in [0.717, 1.165) is 12.8 Å².